The van der Waals surface area contributed by atoms with Gasteiger partial charge in [-0.15, -0.1) is 0 Å². The number of alkyl halides is 1. The van der Waals surface area contributed by atoms with Gasteiger partial charge in [0, 0.05) is 25.4 Å². The predicted octanol–water partition coefficient (Wildman–Crippen LogP) is 3.06. The third-order valence-corrected chi connectivity index (χ3v) is 3.67. The molecule has 20 heavy (non-hydrogen) atoms. The Morgan fingerprint density at radius 1 is 1.55 bits per heavy atom. The summed E-state index contributed by atoms with van der Waals surface area (Å²) in [5, 5.41) is 10.5. The number of pyridine rings is 1. The molecule has 1 aliphatic rings. The van der Waals surface area contributed by atoms with Crippen molar-refractivity contribution in [3.63, 3.8) is 0 Å². The van der Waals surface area contributed by atoms with Crippen LogP contribution in [0.4, 0.5) is 21.7 Å². The van der Waals surface area contributed by atoms with Crippen molar-refractivity contribution in [1.82, 2.24) is 15.2 Å². The number of aromatic amines is 1. The van der Waals surface area contributed by atoms with Gasteiger partial charge in [0.05, 0.1) is 11.4 Å². The number of aryl methyl sites for hydroxylation is 1. The monoisotopic (exact) mass is 295 g/mol. The molecule has 2 N–H and O–H groups in total. The van der Waals surface area contributed by atoms with Crippen LogP contribution in [0.15, 0.2) is 18.3 Å². The van der Waals surface area contributed by atoms with E-state index >= 15 is 0 Å². The van der Waals surface area contributed by atoms with Gasteiger partial charge in [-0.2, -0.15) is 5.10 Å². The summed E-state index contributed by atoms with van der Waals surface area (Å²) < 4.78 is 13.3. The van der Waals surface area contributed by atoms with E-state index in [0.29, 0.717) is 30.4 Å². The summed E-state index contributed by atoms with van der Waals surface area (Å²) in [6.07, 6.45) is 1.42. The Kier molecular flexibility index (Phi) is 3.48. The Hall–Kier alpha value is -1.82. The number of anilines is 3. The molecule has 0 radical (unpaired) electrons. The Morgan fingerprint density at radius 2 is 2.40 bits per heavy atom. The normalized spacial score (nSPS) is 18.6. The minimum atomic E-state index is -0.786. The van der Waals surface area contributed by atoms with Crippen LogP contribution >= 0.6 is 11.6 Å². The van der Waals surface area contributed by atoms with Crippen LogP contribution < -0.4 is 10.2 Å². The summed E-state index contributed by atoms with van der Waals surface area (Å²) in [7, 11) is 0. The maximum atomic E-state index is 13.3. The van der Waals surface area contributed by atoms with Crippen molar-refractivity contribution in [2.75, 3.05) is 23.3 Å². The summed E-state index contributed by atoms with van der Waals surface area (Å²) in [5.74, 6) is 1.26. The highest BCUT2D eigenvalue weighted by molar-refractivity contribution is 6.35. The van der Waals surface area contributed by atoms with E-state index in [9.17, 15) is 4.39 Å². The van der Waals surface area contributed by atoms with Crippen LogP contribution in [-0.4, -0.2) is 34.4 Å². The molecule has 106 valence electrons. The lowest BCUT2D eigenvalue weighted by atomic mass is 10.3. The highest BCUT2D eigenvalue weighted by Crippen LogP contribution is 2.34. The molecule has 1 saturated heterocycles. The van der Waals surface area contributed by atoms with Gasteiger partial charge in [0.15, 0.2) is 5.82 Å². The van der Waals surface area contributed by atoms with Gasteiger partial charge in [-0.05, 0) is 19.4 Å². The molecular weight excluding hydrogens is 281 g/mol. The predicted molar refractivity (Wildman–Crippen MR) is 77.6 cm³/mol. The first-order chi connectivity index (χ1) is 9.63. The van der Waals surface area contributed by atoms with E-state index in [-0.39, 0.29) is 0 Å². The zero-order chi connectivity index (χ0) is 14.1. The van der Waals surface area contributed by atoms with Gasteiger partial charge in [0.2, 0.25) is 0 Å². The molecule has 0 spiro atoms. The van der Waals surface area contributed by atoms with Crippen LogP contribution in [0.2, 0.25) is 5.02 Å². The first-order valence-corrected chi connectivity index (χ1v) is 6.84. The molecule has 0 saturated carbocycles. The van der Waals surface area contributed by atoms with Crippen molar-refractivity contribution in [3.8, 4) is 0 Å². The SMILES string of the molecule is Cc1cc(Nc2nccc(N3CCC(F)C3)c2Cl)[nH]n1. The van der Waals surface area contributed by atoms with Crippen LogP contribution in [0.3, 0.4) is 0 Å². The highest BCUT2D eigenvalue weighted by Gasteiger charge is 2.24. The van der Waals surface area contributed by atoms with Crippen molar-refractivity contribution in [3.05, 3.63) is 29.0 Å². The topological polar surface area (TPSA) is 56.8 Å². The molecule has 0 aromatic carbocycles. The number of hydrogen-bond donors (Lipinski definition) is 2. The molecule has 2 aromatic heterocycles. The Balaban J connectivity index is 1.85. The van der Waals surface area contributed by atoms with Crippen molar-refractivity contribution in [2.24, 2.45) is 0 Å². The van der Waals surface area contributed by atoms with E-state index in [2.05, 4.69) is 20.5 Å². The molecule has 0 bridgehead atoms. The van der Waals surface area contributed by atoms with Crippen molar-refractivity contribution in [2.45, 2.75) is 19.5 Å². The summed E-state index contributed by atoms with van der Waals surface area (Å²) in [6, 6.07) is 3.67. The van der Waals surface area contributed by atoms with Gasteiger partial charge >= 0.3 is 0 Å². The van der Waals surface area contributed by atoms with Crippen LogP contribution in [-0.2, 0) is 0 Å². The largest absolute Gasteiger partial charge is 0.367 e. The minimum Gasteiger partial charge on any atom is -0.367 e. The number of nitrogens with zero attached hydrogens (tertiary/aromatic N) is 3. The second-order valence-corrected chi connectivity index (χ2v) is 5.25. The van der Waals surface area contributed by atoms with E-state index in [4.69, 9.17) is 11.6 Å². The number of nitrogens with one attached hydrogen (secondary N) is 2. The lowest BCUT2D eigenvalue weighted by Crippen LogP contribution is -2.20. The highest BCUT2D eigenvalue weighted by atomic mass is 35.5. The maximum absolute atomic E-state index is 13.3. The van der Waals surface area contributed by atoms with E-state index in [0.717, 1.165) is 17.2 Å². The van der Waals surface area contributed by atoms with Crippen molar-refractivity contribution < 1.29 is 4.39 Å². The Bertz CT molecular complexity index is 615. The van der Waals surface area contributed by atoms with Crippen LogP contribution in [0, 0.1) is 6.92 Å². The average Bonchev–Trinajstić information content (AvgIpc) is 3.01. The number of halogens is 2. The minimum absolute atomic E-state index is 0.381. The molecule has 3 heterocycles. The van der Waals surface area contributed by atoms with Gasteiger partial charge in [-0.25, -0.2) is 9.37 Å². The van der Waals surface area contributed by atoms with Crippen LogP contribution in [0.5, 0.6) is 0 Å². The fraction of sp³-hybridized carbons (Fsp3) is 0.385. The molecule has 1 unspecified atom stereocenters. The van der Waals surface area contributed by atoms with Gasteiger partial charge < -0.3 is 10.2 Å². The number of aromatic nitrogens is 3. The van der Waals surface area contributed by atoms with Crippen LogP contribution in [0.1, 0.15) is 12.1 Å². The van der Waals surface area contributed by atoms with Gasteiger partial charge in [0.1, 0.15) is 17.0 Å². The molecule has 1 aliphatic heterocycles. The first-order valence-electron chi connectivity index (χ1n) is 6.46. The molecule has 0 amide bonds. The third kappa shape index (κ3) is 2.56. The zero-order valence-corrected chi connectivity index (χ0v) is 11.8. The molecule has 1 fully saturated rings. The smallest absolute Gasteiger partial charge is 0.152 e. The molecule has 3 rings (SSSR count). The standard InChI is InChI=1S/C13H15ClFN5/c1-8-6-11(19-18-8)17-13-12(14)10(2-4-16-13)20-5-3-9(15)7-20/h2,4,6,9H,3,5,7H2,1H3,(H2,16,17,18,19). The van der Waals surface area contributed by atoms with Gasteiger partial charge in [0.25, 0.3) is 0 Å². The maximum Gasteiger partial charge on any atom is 0.152 e. The lowest BCUT2D eigenvalue weighted by Gasteiger charge is -2.20. The van der Waals surface area contributed by atoms with Crippen LogP contribution in [0.25, 0.3) is 0 Å². The van der Waals surface area contributed by atoms with Crippen molar-refractivity contribution in [1.29, 1.82) is 0 Å². The molecule has 1 atom stereocenters. The Labute approximate surface area is 121 Å². The lowest BCUT2D eigenvalue weighted by molar-refractivity contribution is 0.364. The molecule has 5 nitrogen and oxygen atoms in total. The molecule has 7 heteroatoms. The van der Waals surface area contributed by atoms with E-state index < -0.39 is 6.17 Å². The first kappa shape index (κ1) is 13.2. The molecular formula is C13H15ClFN5. The van der Waals surface area contributed by atoms with Crippen molar-refractivity contribution >= 4 is 28.9 Å². The quantitative estimate of drug-likeness (QED) is 0.914. The second-order valence-electron chi connectivity index (χ2n) is 4.87. The number of H-pyrrole nitrogens is 1. The van der Waals surface area contributed by atoms with E-state index in [1.807, 2.05) is 24.0 Å². The Morgan fingerprint density at radius 3 is 3.05 bits per heavy atom. The van der Waals surface area contributed by atoms with Gasteiger partial charge in [-0.3, -0.25) is 5.10 Å². The second kappa shape index (κ2) is 5.28. The summed E-state index contributed by atoms with van der Waals surface area (Å²) >= 11 is 6.37. The molecule has 2 aromatic rings. The molecule has 0 aliphatic carbocycles. The van der Waals surface area contributed by atoms with E-state index in [1.54, 1.807) is 6.20 Å². The average molecular weight is 296 g/mol. The number of hydrogen-bond acceptors (Lipinski definition) is 4. The third-order valence-electron chi connectivity index (χ3n) is 3.30. The fourth-order valence-corrected chi connectivity index (χ4v) is 2.59. The number of rotatable bonds is 3. The summed E-state index contributed by atoms with van der Waals surface area (Å²) in [4.78, 5) is 6.17. The fourth-order valence-electron chi connectivity index (χ4n) is 2.31. The zero-order valence-electron chi connectivity index (χ0n) is 11.0. The summed E-state index contributed by atoms with van der Waals surface area (Å²) in [6.45, 7) is 2.94. The summed E-state index contributed by atoms with van der Waals surface area (Å²) in [5.41, 5.74) is 1.68. The van der Waals surface area contributed by atoms with Gasteiger partial charge in [-0.1, -0.05) is 11.6 Å². The van der Waals surface area contributed by atoms with E-state index in [1.165, 1.54) is 0 Å².